The average Bonchev–Trinajstić information content (AvgIpc) is 3.75. The van der Waals surface area contributed by atoms with Crippen LogP contribution >= 0.6 is 0 Å². The Morgan fingerprint density at radius 1 is 0.458 bits per heavy atom. The van der Waals surface area contributed by atoms with Crippen molar-refractivity contribution in [1.82, 2.24) is 9.13 Å². The second kappa shape index (κ2) is 13.6. The molecule has 6 heteroatoms. The van der Waals surface area contributed by atoms with Crippen LogP contribution in [0.5, 0.6) is 0 Å². The van der Waals surface area contributed by atoms with Gasteiger partial charge in [0.05, 0.1) is 44.6 Å². The van der Waals surface area contributed by atoms with Crippen LogP contribution in [0.2, 0.25) is 0 Å². The Morgan fingerprint density at radius 3 is 1.47 bits per heavy atom. The van der Waals surface area contributed by atoms with Crippen molar-refractivity contribution in [3.63, 3.8) is 0 Å². The molecule has 0 saturated carbocycles. The molecule has 2 aromatic heterocycles. The number of aryl methyl sites for hydroxylation is 3. The molecule has 0 aliphatic rings. The first kappa shape index (κ1) is 36.0. The molecule has 0 atom stereocenters. The number of rotatable bonds is 5. The molecule has 2 heterocycles. The van der Waals surface area contributed by atoms with Crippen LogP contribution in [0.1, 0.15) is 27.8 Å². The van der Waals surface area contributed by atoms with Gasteiger partial charge in [-0.05, 0) is 96.6 Å². The molecule has 0 spiro atoms. The number of nitriles is 1. The Balaban J connectivity index is 1.35. The van der Waals surface area contributed by atoms with Crippen LogP contribution in [0.3, 0.4) is 0 Å². The quantitative estimate of drug-likeness (QED) is 0.172. The Hall–Kier alpha value is -7.36. The van der Waals surface area contributed by atoms with E-state index >= 15 is 13.2 Å². The summed E-state index contributed by atoms with van der Waals surface area (Å²) in [6.45, 7) is 5.84. The number of aromatic nitrogens is 2. The van der Waals surface area contributed by atoms with E-state index in [9.17, 15) is 5.26 Å². The van der Waals surface area contributed by atoms with Gasteiger partial charge in [-0.3, -0.25) is 0 Å². The van der Waals surface area contributed by atoms with E-state index in [1.165, 1.54) is 6.07 Å². The number of hydrogen-bond donors (Lipinski definition) is 0. The molecule has 284 valence electrons. The predicted molar refractivity (Wildman–Crippen MR) is 235 cm³/mol. The highest BCUT2D eigenvalue weighted by atomic mass is 19.4. The fraction of sp³-hybridized carbons (Fsp3) is 0.0755. The van der Waals surface area contributed by atoms with Crippen molar-refractivity contribution < 1.29 is 13.2 Å². The summed E-state index contributed by atoms with van der Waals surface area (Å²) in [5.41, 5.74) is 11.1. The lowest BCUT2D eigenvalue weighted by Gasteiger charge is -2.22. The lowest BCUT2D eigenvalue weighted by atomic mass is 9.91. The molecular weight excluding hydrogens is 736 g/mol. The highest BCUT2D eigenvalue weighted by molar-refractivity contribution is 6.12. The van der Waals surface area contributed by atoms with Crippen molar-refractivity contribution in [2.24, 2.45) is 0 Å². The number of halogens is 3. The van der Waals surface area contributed by atoms with Crippen molar-refractivity contribution >= 4 is 43.6 Å². The third-order valence-corrected chi connectivity index (χ3v) is 11.6. The minimum absolute atomic E-state index is 0.0720. The van der Waals surface area contributed by atoms with Crippen LogP contribution in [0.15, 0.2) is 164 Å². The summed E-state index contributed by atoms with van der Waals surface area (Å²) >= 11 is 0. The standard InChI is InChI=1S/C53H36F3N3/c1-32-11-8-14-35(25-32)37-21-23-42-40-16-4-6-19-46(40)58(49(42)27-37)48-30-44(52-34(3)13-10-18-45(52)53(54,55)56)51(29-39(48)31-57)59-47-20-7-5-17-41(47)43-24-22-38(28-50(43)59)36-15-9-12-33(2)26-36/h4-30H,1-3H3. The van der Waals surface area contributed by atoms with Crippen molar-refractivity contribution in [2.75, 3.05) is 0 Å². The van der Waals surface area contributed by atoms with Crippen molar-refractivity contribution in [2.45, 2.75) is 26.9 Å². The third kappa shape index (κ3) is 5.89. The molecule has 0 N–H and O–H groups in total. The lowest BCUT2D eigenvalue weighted by molar-refractivity contribution is -0.137. The zero-order chi connectivity index (χ0) is 40.6. The molecule has 10 aromatic rings. The van der Waals surface area contributed by atoms with Crippen LogP contribution in [-0.4, -0.2) is 9.13 Å². The molecule has 0 saturated heterocycles. The summed E-state index contributed by atoms with van der Waals surface area (Å²) in [5.74, 6) is 0. The third-order valence-electron chi connectivity index (χ3n) is 11.6. The number of hydrogen-bond acceptors (Lipinski definition) is 1. The van der Waals surface area contributed by atoms with Gasteiger partial charge < -0.3 is 9.13 Å². The van der Waals surface area contributed by atoms with Crippen LogP contribution in [0.4, 0.5) is 13.2 Å². The van der Waals surface area contributed by atoms with Gasteiger partial charge in [-0.1, -0.05) is 132 Å². The molecule has 10 rings (SSSR count). The van der Waals surface area contributed by atoms with Gasteiger partial charge in [0, 0.05) is 27.1 Å². The highest BCUT2D eigenvalue weighted by Crippen LogP contribution is 2.46. The molecule has 0 aliphatic carbocycles. The summed E-state index contributed by atoms with van der Waals surface area (Å²) in [5, 5.41) is 15.0. The molecule has 8 aromatic carbocycles. The maximum absolute atomic E-state index is 15.3. The van der Waals surface area contributed by atoms with Gasteiger partial charge in [0.25, 0.3) is 0 Å². The molecule has 0 aliphatic heterocycles. The Morgan fingerprint density at radius 2 is 0.949 bits per heavy atom. The van der Waals surface area contributed by atoms with Crippen LogP contribution in [0.25, 0.3) is 88.4 Å². The average molecular weight is 772 g/mol. The van der Waals surface area contributed by atoms with E-state index in [0.29, 0.717) is 28.1 Å². The topological polar surface area (TPSA) is 33.6 Å². The van der Waals surface area contributed by atoms with E-state index in [2.05, 4.69) is 98.8 Å². The molecule has 59 heavy (non-hydrogen) atoms. The van der Waals surface area contributed by atoms with E-state index in [0.717, 1.165) is 83.1 Å². The molecule has 0 radical (unpaired) electrons. The zero-order valence-corrected chi connectivity index (χ0v) is 32.6. The molecule has 0 unspecified atom stereocenters. The molecule has 0 amide bonds. The Kier molecular flexibility index (Phi) is 8.33. The monoisotopic (exact) mass is 771 g/mol. The summed E-state index contributed by atoms with van der Waals surface area (Å²) in [6, 6.07) is 55.5. The number of para-hydroxylation sites is 2. The first-order chi connectivity index (χ1) is 28.6. The van der Waals surface area contributed by atoms with E-state index < -0.39 is 11.7 Å². The molecular formula is C53H36F3N3. The first-order valence-corrected chi connectivity index (χ1v) is 19.6. The van der Waals surface area contributed by atoms with Gasteiger partial charge in [-0.15, -0.1) is 0 Å². The van der Waals surface area contributed by atoms with Crippen molar-refractivity contribution in [3.05, 3.63) is 192 Å². The van der Waals surface area contributed by atoms with Crippen LogP contribution < -0.4 is 0 Å². The number of alkyl halides is 3. The zero-order valence-electron chi connectivity index (χ0n) is 32.6. The molecule has 0 bridgehead atoms. The summed E-state index contributed by atoms with van der Waals surface area (Å²) in [7, 11) is 0. The summed E-state index contributed by atoms with van der Waals surface area (Å²) in [6.07, 6.45) is -4.65. The first-order valence-electron chi connectivity index (χ1n) is 19.6. The van der Waals surface area contributed by atoms with Gasteiger partial charge in [0.2, 0.25) is 0 Å². The van der Waals surface area contributed by atoms with Gasteiger partial charge in [-0.2, -0.15) is 18.4 Å². The minimum atomic E-state index is -4.65. The maximum atomic E-state index is 15.3. The van der Waals surface area contributed by atoms with Crippen LogP contribution in [0, 0.1) is 32.1 Å². The Bertz CT molecular complexity index is 3370. The number of nitrogens with zero attached hydrogens (tertiary/aromatic N) is 3. The van der Waals surface area contributed by atoms with Crippen molar-refractivity contribution in [3.8, 4) is 50.8 Å². The van der Waals surface area contributed by atoms with E-state index in [1.807, 2.05) is 69.8 Å². The SMILES string of the molecule is Cc1cccc(-c2ccc3c4ccccc4n(-c4cc(-c5c(C)cccc5C(F)(F)F)c(-n5c6ccccc6c6ccc(-c7cccc(C)c7)cc65)cc4C#N)c3c2)c1. The summed E-state index contributed by atoms with van der Waals surface area (Å²) < 4.78 is 49.9. The number of benzene rings is 8. The molecule has 0 fully saturated rings. The van der Waals surface area contributed by atoms with E-state index in [4.69, 9.17) is 0 Å². The van der Waals surface area contributed by atoms with Gasteiger partial charge in [0.15, 0.2) is 0 Å². The van der Waals surface area contributed by atoms with Crippen molar-refractivity contribution in [1.29, 1.82) is 5.26 Å². The second-order valence-corrected chi connectivity index (χ2v) is 15.4. The van der Waals surface area contributed by atoms with Crippen LogP contribution in [-0.2, 0) is 6.18 Å². The fourth-order valence-electron chi connectivity index (χ4n) is 8.97. The normalized spacial score (nSPS) is 11.9. The molecule has 3 nitrogen and oxygen atoms in total. The Labute approximate surface area is 339 Å². The predicted octanol–water partition coefficient (Wildman–Crippen LogP) is 14.7. The fourth-order valence-corrected chi connectivity index (χ4v) is 8.97. The maximum Gasteiger partial charge on any atom is 0.417 e. The van der Waals surface area contributed by atoms with Gasteiger partial charge >= 0.3 is 6.18 Å². The minimum Gasteiger partial charge on any atom is -0.309 e. The van der Waals surface area contributed by atoms with E-state index in [-0.39, 0.29) is 5.56 Å². The number of fused-ring (bicyclic) bond motifs is 6. The highest BCUT2D eigenvalue weighted by Gasteiger charge is 2.35. The smallest absolute Gasteiger partial charge is 0.309 e. The second-order valence-electron chi connectivity index (χ2n) is 15.4. The van der Waals surface area contributed by atoms with Gasteiger partial charge in [-0.25, -0.2) is 0 Å². The largest absolute Gasteiger partial charge is 0.417 e. The van der Waals surface area contributed by atoms with Gasteiger partial charge in [0.1, 0.15) is 6.07 Å². The van der Waals surface area contributed by atoms with E-state index in [1.54, 1.807) is 19.1 Å². The lowest BCUT2D eigenvalue weighted by Crippen LogP contribution is -2.10. The summed E-state index contributed by atoms with van der Waals surface area (Å²) in [4.78, 5) is 0.